The highest BCUT2D eigenvalue weighted by Gasteiger charge is 2.23. The van der Waals surface area contributed by atoms with E-state index in [1.165, 1.54) is 6.20 Å². The fraction of sp³-hybridized carbons (Fsp3) is 0.121. The number of furan rings is 1. The van der Waals surface area contributed by atoms with Gasteiger partial charge in [-0.1, -0.05) is 54.6 Å². The second-order valence-electron chi connectivity index (χ2n) is 9.29. The van der Waals surface area contributed by atoms with Gasteiger partial charge in [0.15, 0.2) is 6.20 Å². The van der Waals surface area contributed by atoms with E-state index in [2.05, 4.69) is 0 Å². The molecule has 0 aliphatic rings. The first kappa shape index (κ1) is 15.0. The first-order valence-corrected chi connectivity index (χ1v) is 11.7. The Bertz CT molecular complexity index is 2190. The Morgan fingerprint density at radius 3 is 2.31 bits per heavy atom. The summed E-state index contributed by atoms with van der Waals surface area (Å²) in [6.45, 7) is -3.31. The van der Waals surface area contributed by atoms with Gasteiger partial charge in [0.05, 0.1) is 10.8 Å². The zero-order valence-electron chi connectivity index (χ0n) is 25.4. The molecule has 2 heteroatoms. The molecule has 0 N–H and O–H groups in total. The molecule has 0 aliphatic heterocycles. The van der Waals surface area contributed by atoms with Gasteiger partial charge in [0, 0.05) is 29.9 Å². The van der Waals surface area contributed by atoms with Gasteiger partial charge in [-0.3, -0.25) is 0 Å². The van der Waals surface area contributed by atoms with E-state index in [-0.39, 0.29) is 11.1 Å². The Hall–Kier alpha value is -4.17. The monoisotopic (exact) mass is 458 g/mol. The third-order valence-corrected chi connectivity index (χ3v) is 7.23. The summed E-state index contributed by atoms with van der Waals surface area (Å²) < 4.78 is 58.8. The van der Waals surface area contributed by atoms with Crippen molar-refractivity contribution in [2.75, 3.05) is 0 Å². The number of hydrogen-bond acceptors (Lipinski definition) is 1. The van der Waals surface area contributed by atoms with E-state index < -0.39 is 13.7 Å². The SMILES string of the molecule is [2H]C([2H])([2H])c1c[n+](C)c2c3c(C)cccc3c3ccc4oc5cc(-c6ccccc6)ccc5c4c3c2c1C([2H])([2H])[2H]. The summed E-state index contributed by atoms with van der Waals surface area (Å²) in [7, 11) is 1.79. The van der Waals surface area contributed by atoms with Crippen LogP contribution in [0.5, 0.6) is 0 Å². The minimum Gasteiger partial charge on any atom is -0.456 e. The van der Waals surface area contributed by atoms with E-state index >= 15 is 0 Å². The number of hydrogen-bond donors (Lipinski definition) is 0. The van der Waals surface area contributed by atoms with Crippen molar-refractivity contribution in [2.24, 2.45) is 7.05 Å². The minimum atomic E-state index is -2.68. The molecule has 2 aromatic heterocycles. The van der Waals surface area contributed by atoms with Gasteiger partial charge in [-0.15, -0.1) is 0 Å². The molecule has 7 aromatic rings. The van der Waals surface area contributed by atoms with Crippen LogP contribution in [0, 0.1) is 20.6 Å². The molecule has 0 amide bonds. The van der Waals surface area contributed by atoms with Crippen LogP contribution in [0.1, 0.15) is 24.9 Å². The first-order chi connectivity index (χ1) is 19.4. The maximum atomic E-state index is 8.59. The van der Waals surface area contributed by atoms with Crippen molar-refractivity contribution in [2.45, 2.75) is 20.6 Å². The van der Waals surface area contributed by atoms with Gasteiger partial charge in [0.25, 0.3) is 0 Å². The molecule has 2 heterocycles. The lowest BCUT2D eigenvalue weighted by atomic mass is 9.89. The Labute approximate surface area is 212 Å². The summed E-state index contributed by atoms with van der Waals surface area (Å²) in [6, 6.07) is 26.0. The zero-order valence-corrected chi connectivity index (χ0v) is 19.4. The first-order valence-electron chi connectivity index (χ1n) is 14.7. The molecule has 0 saturated heterocycles. The third kappa shape index (κ3) is 2.74. The Kier molecular flexibility index (Phi) is 3.06. The van der Waals surface area contributed by atoms with Gasteiger partial charge < -0.3 is 4.42 Å². The van der Waals surface area contributed by atoms with Crippen LogP contribution in [-0.2, 0) is 7.05 Å². The molecule has 5 aromatic carbocycles. The standard InChI is InChI=1S/C33H26NO/c1-19-9-8-12-24-25-15-16-27-31(32(25)30-21(3)20(2)18-34(4)33(30)29(19)24)26-14-13-23(17-28(26)35-27)22-10-6-5-7-11-22/h5-18H,1-4H3/q+1/i2D3,3D3. The van der Waals surface area contributed by atoms with E-state index in [4.69, 9.17) is 12.6 Å². The minimum absolute atomic E-state index is 0.136. The van der Waals surface area contributed by atoms with Gasteiger partial charge in [-0.2, -0.15) is 0 Å². The topological polar surface area (TPSA) is 17.0 Å². The molecule has 0 fully saturated rings. The molecule has 2 nitrogen and oxygen atoms in total. The highest BCUT2D eigenvalue weighted by molar-refractivity contribution is 6.34. The van der Waals surface area contributed by atoms with Crippen molar-refractivity contribution in [3.05, 3.63) is 102 Å². The van der Waals surface area contributed by atoms with E-state index in [0.717, 1.165) is 43.6 Å². The predicted octanol–water partition coefficient (Wildman–Crippen LogP) is 8.46. The molecule has 35 heavy (non-hydrogen) atoms. The van der Waals surface area contributed by atoms with Crippen LogP contribution in [0.4, 0.5) is 0 Å². The highest BCUT2D eigenvalue weighted by Crippen LogP contribution is 2.44. The second kappa shape index (κ2) is 7.16. The van der Waals surface area contributed by atoms with Crippen LogP contribution in [0.25, 0.3) is 65.5 Å². The molecular formula is C33H26NO+. The lowest BCUT2D eigenvalue weighted by Gasteiger charge is -2.14. The predicted molar refractivity (Wildman–Crippen MR) is 147 cm³/mol. The summed E-state index contributed by atoms with van der Waals surface area (Å²) in [5.41, 5.74) is 4.72. The Balaban J connectivity index is 1.78. The van der Waals surface area contributed by atoms with Crippen LogP contribution in [-0.4, -0.2) is 0 Å². The molecule has 0 radical (unpaired) electrons. The number of nitrogens with zero attached hydrogens (tertiary/aromatic N) is 1. The van der Waals surface area contributed by atoms with Gasteiger partial charge in [-0.05, 0) is 77.9 Å². The molecule has 168 valence electrons. The van der Waals surface area contributed by atoms with E-state index in [0.29, 0.717) is 27.5 Å². The summed E-state index contributed by atoms with van der Waals surface area (Å²) in [5.74, 6) is 0. The van der Waals surface area contributed by atoms with Crippen LogP contribution in [0.2, 0.25) is 0 Å². The summed E-state index contributed by atoms with van der Waals surface area (Å²) in [6.07, 6.45) is 1.47. The van der Waals surface area contributed by atoms with Gasteiger partial charge >= 0.3 is 0 Å². The van der Waals surface area contributed by atoms with Crippen molar-refractivity contribution in [3.8, 4) is 11.1 Å². The molecule has 0 bridgehead atoms. The van der Waals surface area contributed by atoms with Crippen LogP contribution < -0.4 is 4.57 Å². The smallest absolute Gasteiger partial charge is 0.221 e. The van der Waals surface area contributed by atoms with Gasteiger partial charge in [-0.25, -0.2) is 4.57 Å². The van der Waals surface area contributed by atoms with Crippen molar-refractivity contribution in [1.29, 1.82) is 0 Å². The van der Waals surface area contributed by atoms with Crippen molar-refractivity contribution in [1.82, 2.24) is 0 Å². The van der Waals surface area contributed by atoms with Gasteiger partial charge in [0.1, 0.15) is 18.2 Å². The Morgan fingerprint density at radius 2 is 1.49 bits per heavy atom. The largest absolute Gasteiger partial charge is 0.456 e. The number of pyridine rings is 1. The van der Waals surface area contributed by atoms with Gasteiger partial charge in [0.2, 0.25) is 5.52 Å². The third-order valence-electron chi connectivity index (χ3n) is 7.23. The number of rotatable bonds is 1. The quantitative estimate of drug-likeness (QED) is 0.178. The molecular weight excluding hydrogens is 426 g/mol. The lowest BCUT2D eigenvalue weighted by molar-refractivity contribution is -0.644. The lowest BCUT2D eigenvalue weighted by Crippen LogP contribution is -2.30. The molecule has 0 aliphatic carbocycles. The molecule has 0 saturated carbocycles. The normalized spacial score (nSPS) is 15.3. The van der Waals surface area contributed by atoms with Crippen molar-refractivity contribution >= 4 is 54.4 Å². The molecule has 0 atom stereocenters. The molecule has 0 spiro atoms. The van der Waals surface area contributed by atoms with Crippen molar-refractivity contribution in [3.63, 3.8) is 0 Å². The van der Waals surface area contributed by atoms with Crippen molar-refractivity contribution < 1.29 is 17.2 Å². The summed E-state index contributed by atoms with van der Waals surface area (Å²) >= 11 is 0. The van der Waals surface area contributed by atoms with Crippen LogP contribution in [0.3, 0.4) is 0 Å². The average Bonchev–Trinajstić information content (AvgIpc) is 3.30. The summed E-state index contributed by atoms with van der Waals surface area (Å²) in [4.78, 5) is 0. The average molecular weight is 459 g/mol. The number of aromatic nitrogens is 1. The number of benzene rings is 5. The van der Waals surface area contributed by atoms with E-state index in [1.807, 2.05) is 85.8 Å². The Morgan fingerprint density at radius 1 is 0.657 bits per heavy atom. The second-order valence-corrected chi connectivity index (χ2v) is 9.29. The number of fused-ring (bicyclic) bond motifs is 10. The molecule has 7 rings (SSSR count). The van der Waals surface area contributed by atoms with E-state index in [1.54, 1.807) is 11.6 Å². The maximum Gasteiger partial charge on any atom is 0.221 e. The maximum absolute atomic E-state index is 8.59. The zero-order chi connectivity index (χ0) is 28.8. The van der Waals surface area contributed by atoms with E-state index in [9.17, 15) is 0 Å². The highest BCUT2D eigenvalue weighted by atomic mass is 16.3. The van der Waals surface area contributed by atoms with Crippen LogP contribution in [0.15, 0.2) is 89.5 Å². The fourth-order valence-corrected chi connectivity index (χ4v) is 5.67. The molecule has 0 unspecified atom stereocenters. The number of aryl methyl sites for hydroxylation is 4. The fourth-order valence-electron chi connectivity index (χ4n) is 5.67. The summed E-state index contributed by atoms with van der Waals surface area (Å²) in [5, 5.41) is 5.47. The van der Waals surface area contributed by atoms with Crippen LogP contribution >= 0.6 is 0 Å².